The largest absolute Gasteiger partial charge is 0.497 e. The SMILES string of the molecule is COc1ccc2c(c1)C(=NNc1cc(NN=C3CCc4ccc(OC)cc43)nc(Nc3cc(C)ccc3OC)n1)CC2. The molecular weight excluding hydrogens is 530 g/mol. The van der Waals surface area contributed by atoms with Gasteiger partial charge in [0, 0.05) is 17.2 Å². The summed E-state index contributed by atoms with van der Waals surface area (Å²) in [6, 6.07) is 19.9. The lowest BCUT2D eigenvalue weighted by molar-refractivity contribution is 0.414. The highest BCUT2D eigenvalue weighted by Crippen LogP contribution is 2.30. The van der Waals surface area contributed by atoms with Crippen LogP contribution < -0.4 is 30.4 Å². The Kier molecular flexibility index (Phi) is 7.59. The lowest BCUT2D eigenvalue weighted by atomic mass is 10.1. The van der Waals surface area contributed by atoms with Crippen LogP contribution in [0.25, 0.3) is 0 Å². The van der Waals surface area contributed by atoms with Crippen molar-refractivity contribution in [3.05, 3.63) is 88.5 Å². The average molecular weight is 564 g/mol. The summed E-state index contributed by atoms with van der Waals surface area (Å²) in [6.45, 7) is 2.02. The van der Waals surface area contributed by atoms with Crippen molar-refractivity contribution in [1.29, 1.82) is 0 Å². The van der Waals surface area contributed by atoms with Gasteiger partial charge in [0.15, 0.2) is 11.6 Å². The average Bonchev–Trinajstić information content (AvgIpc) is 3.62. The van der Waals surface area contributed by atoms with Crippen LogP contribution in [-0.4, -0.2) is 42.7 Å². The first-order valence-electron chi connectivity index (χ1n) is 13.8. The topological polar surface area (TPSA) is 114 Å². The second-order valence-corrected chi connectivity index (χ2v) is 10.2. The van der Waals surface area contributed by atoms with Crippen molar-refractivity contribution in [1.82, 2.24) is 9.97 Å². The Bertz CT molecular complexity index is 1610. The third-order valence-corrected chi connectivity index (χ3v) is 7.46. The number of hydrogen-bond donors (Lipinski definition) is 3. The number of fused-ring (bicyclic) bond motifs is 2. The van der Waals surface area contributed by atoms with Crippen molar-refractivity contribution in [2.75, 3.05) is 37.5 Å². The molecule has 0 saturated heterocycles. The lowest BCUT2D eigenvalue weighted by Crippen LogP contribution is -2.07. The van der Waals surface area contributed by atoms with Crippen LogP contribution in [0.2, 0.25) is 0 Å². The second-order valence-electron chi connectivity index (χ2n) is 10.2. The molecule has 0 atom stereocenters. The van der Waals surface area contributed by atoms with Gasteiger partial charge in [-0.2, -0.15) is 20.2 Å². The van der Waals surface area contributed by atoms with Crippen LogP contribution in [-0.2, 0) is 12.8 Å². The highest BCUT2D eigenvalue weighted by Gasteiger charge is 2.20. The number of hydrazone groups is 2. The van der Waals surface area contributed by atoms with Gasteiger partial charge in [-0.05, 0) is 85.7 Å². The van der Waals surface area contributed by atoms with Gasteiger partial charge in [-0.3, -0.25) is 10.9 Å². The van der Waals surface area contributed by atoms with Gasteiger partial charge in [-0.15, -0.1) is 0 Å². The zero-order valence-corrected chi connectivity index (χ0v) is 24.1. The molecule has 0 bridgehead atoms. The van der Waals surface area contributed by atoms with E-state index < -0.39 is 0 Å². The van der Waals surface area contributed by atoms with E-state index in [9.17, 15) is 0 Å². The summed E-state index contributed by atoms with van der Waals surface area (Å²) in [6.07, 6.45) is 3.52. The van der Waals surface area contributed by atoms with Crippen molar-refractivity contribution in [2.24, 2.45) is 10.2 Å². The summed E-state index contributed by atoms with van der Waals surface area (Å²) < 4.78 is 16.4. The van der Waals surface area contributed by atoms with Crippen LogP contribution in [0.5, 0.6) is 17.2 Å². The second kappa shape index (κ2) is 11.8. The number of nitrogens with zero attached hydrogens (tertiary/aromatic N) is 4. The first kappa shape index (κ1) is 27.1. The number of aryl methyl sites for hydroxylation is 3. The first-order chi connectivity index (χ1) is 20.5. The highest BCUT2D eigenvalue weighted by molar-refractivity contribution is 6.05. The van der Waals surface area contributed by atoms with Gasteiger partial charge in [0.05, 0.1) is 38.4 Å². The smallest absolute Gasteiger partial charge is 0.231 e. The molecule has 42 heavy (non-hydrogen) atoms. The number of rotatable bonds is 9. The van der Waals surface area contributed by atoms with E-state index in [1.54, 1.807) is 27.4 Å². The van der Waals surface area contributed by atoms with Gasteiger partial charge in [-0.1, -0.05) is 18.2 Å². The van der Waals surface area contributed by atoms with Crippen molar-refractivity contribution in [3.63, 3.8) is 0 Å². The van der Waals surface area contributed by atoms with Gasteiger partial charge in [-0.25, -0.2) is 0 Å². The number of aromatic nitrogens is 2. The predicted molar refractivity (Wildman–Crippen MR) is 166 cm³/mol. The maximum absolute atomic E-state index is 5.55. The molecule has 0 unspecified atom stereocenters. The van der Waals surface area contributed by atoms with Crippen molar-refractivity contribution < 1.29 is 14.2 Å². The van der Waals surface area contributed by atoms with Crippen LogP contribution >= 0.6 is 0 Å². The Morgan fingerprint density at radius 1 is 0.643 bits per heavy atom. The normalized spacial score (nSPS) is 15.3. The summed E-state index contributed by atoms with van der Waals surface area (Å²) in [7, 11) is 4.97. The van der Waals surface area contributed by atoms with Crippen LogP contribution in [0.3, 0.4) is 0 Å². The van der Waals surface area contributed by atoms with E-state index in [1.807, 2.05) is 49.4 Å². The van der Waals surface area contributed by atoms with Gasteiger partial charge in [0.1, 0.15) is 17.2 Å². The fraction of sp³-hybridized carbons (Fsp3) is 0.250. The van der Waals surface area contributed by atoms with Crippen LogP contribution in [0.4, 0.5) is 23.3 Å². The molecule has 0 saturated carbocycles. The minimum atomic E-state index is 0.369. The monoisotopic (exact) mass is 563 g/mol. The fourth-order valence-corrected chi connectivity index (χ4v) is 5.25. The van der Waals surface area contributed by atoms with Crippen LogP contribution in [0.1, 0.15) is 40.7 Å². The molecule has 2 aliphatic carbocycles. The van der Waals surface area contributed by atoms with Crippen LogP contribution in [0, 0.1) is 6.92 Å². The van der Waals surface area contributed by atoms with E-state index in [1.165, 1.54) is 11.1 Å². The maximum Gasteiger partial charge on any atom is 0.231 e. The van der Waals surface area contributed by atoms with E-state index in [-0.39, 0.29) is 0 Å². The third-order valence-electron chi connectivity index (χ3n) is 7.46. The summed E-state index contributed by atoms with van der Waals surface area (Å²) in [5, 5.41) is 12.8. The number of ether oxygens (including phenoxy) is 3. The molecule has 0 fully saturated rings. The molecule has 1 heterocycles. The zero-order chi connectivity index (χ0) is 29.1. The van der Waals surface area contributed by atoms with Gasteiger partial charge in [0.25, 0.3) is 0 Å². The highest BCUT2D eigenvalue weighted by atomic mass is 16.5. The van der Waals surface area contributed by atoms with Crippen molar-refractivity contribution in [2.45, 2.75) is 32.6 Å². The van der Waals surface area contributed by atoms with E-state index in [0.717, 1.165) is 71.0 Å². The minimum Gasteiger partial charge on any atom is -0.497 e. The number of hydrogen-bond acceptors (Lipinski definition) is 10. The molecule has 10 heteroatoms. The van der Waals surface area contributed by atoms with Crippen molar-refractivity contribution >= 4 is 34.7 Å². The number of methoxy groups -OCH3 is 3. The molecule has 6 rings (SSSR count). The Hall–Kier alpha value is -5.12. The standard InChI is InChI=1S/C32H33N7O3/c1-19-5-14-29(42-4)28(15-19)33-32-34-30(38-36-26-12-8-20-6-10-22(40-2)16-24(20)26)18-31(35-32)39-37-27-13-9-21-7-11-23(41-3)17-25(21)27/h5-7,10-11,14-18H,8-9,12-13H2,1-4H3,(H3,33,34,35,38,39). The van der Waals surface area contributed by atoms with E-state index >= 15 is 0 Å². The molecule has 10 nitrogen and oxygen atoms in total. The molecule has 3 aromatic carbocycles. The van der Waals surface area contributed by atoms with Gasteiger partial charge >= 0.3 is 0 Å². The number of benzene rings is 3. The van der Waals surface area contributed by atoms with E-state index in [4.69, 9.17) is 34.4 Å². The van der Waals surface area contributed by atoms with Crippen LogP contribution in [0.15, 0.2) is 70.9 Å². The molecule has 0 spiro atoms. The Morgan fingerprint density at radius 3 is 1.74 bits per heavy atom. The number of nitrogens with one attached hydrogen (secondary N) is 3. The molecule has 3 N–H and O–H groups in total. The zero-order valence-electron chi connectivity index (χ0n) is 24.1. The van der Waals surface area contributed by atoms with Gasteiger partial charge in [0.2, 0.25) is 5.95 Å². The Morgan fingerprint density at radius 2 is 1.21 bits per heavy atom. The molecular formula is C32H33N7O3. The molecule has 2 aliphatic rings. The summed E-state index contributed by atoms with van der Waals surface area (Å²) in [5.74, 6) is 3.69. The fourth-order valence-electron chi connectivity index (χ4n) is 5.25. The molecule has 4 aromatic rings. The third kappa shape index (κ3) is 5.69. The summed E-state index contributed by atoms with van der Waals surface area (Å²) in [4.78, 5) is 9.39. The molecule has 0 aliphatic heterocycles. The van der Waals surface area contributed by atoms with Gasteiger partial charge < -0.3 is 19.5 Å². The first-order valence-corrected chi connectivity index (χ1v) is 13.8. The number of anilines is 4. The maximum atomic E-state index is 5.55. The quantitative estimate of drug-likeness (QED) is 0.210. The van der Waals surface area contributed by atoms with E-state index in [0.29, 0.717) is 23.3 Å². The molecule has 0 amide bonds. The van der Waals surface area contributed by atoms with E-state index in [2.05, 4.69) is 28.3 Å². The van der Waals surface area contributed by atoms with Crippen molar-refractivity contribution in [3.8, 4) is 17.2 Å². The molecule has 0 radical (unpaired) electrons. The lowest BCUT2D eigenvalue weighted by Gasteiger charge is -2.13. The summed E-state index contributed by atoms with van der Waals surface area (Å²) >= 11 is 0. The Balaban J connectivity index is 1.31. The molecule has 1 aromatic heterocycles. The minimum absolute atomic E-state index is 0.369. The predicted octanol–water partition coefficient (Wildman–Crippen LogP) is 6.08. The summed E-state index contributed by atoms with van der Waals surface area (Å²) in [5.41, 5.74) is 14.7. The molecule has 214 valence electrons. The Labute approximate surface area is 244 Å².